The van der Waals surface area contributed by atoms with E-state index < -0.39 is 9.84 Å². The van der Waals surface area contributed by atoms with Crippen molar-refractivity contribution in [3.05, 3.63) is 60.7 Å². The number of aromatic nitrogens is 4. The zero-order chi connectivity index (χ0) is 16.3. The molecule has 0 radical (unpaired) electrons. The van der Waals surface area contributed by atoms with Crippen molar-refractivity contribution >= 4 is 15.7 Å². The molecule has 0 amide bonds. The first-order valence-corrected chi connectivity index (χ1v) is 8.77. The van der Waals surface area contributed by atoms with Crippen LogP contribution < -0.4 is 5.32 Å². The molecule has 0 spiro atoms. The van der Waals surface area contributed by atoms with Gasteiger partial charge in [-0.15, -0.1) is 0 Å². The van der Waals surface area contributed by atoms with Crippen LogP contribution in [-0.2, 0) is 16.4 Å². The number of hydrogen-bond acceptors (Lipinski definition) is 6. The average Bonchev–Trinajstić information content (AvgIpc) is 3.07. The molecule has 118 valence electrons. The highest BCUT2D eigenvalue weighted by molar-refractivity contribution is 7.90. The van der Waals surface area contributed by atoms with Gasteiger partial charge in [0.25, 0.3) is 0 Å². The van der Waals surface area contributed by atoms with E-state index in [0.29, 0.717) is 18.2 Å². The lowest BCUT2D eigenvalue weighted by molar-refractivity contribution is 0.601. The van der Waals surface area contributed by atoms with Crippen molar-refractivity contribution in [2.45, 2.75) is 11.4 Å². The third kappa shape index (κ3) is 3.54. The maximum Gasteiger partial charge on any atom is 0.179 e. The average molecular weight is 329 g/mol. The van der Waals surface area contributed by atoms with E-state index in [-0.39, 0.29) is 4.90 Å². The molecule has 3 rings (SSSR count). The van der Waals surface area contributed by atoms with Crippen LogP contribution in [0.5, 0.6) is 0 Å². The van der Waals surface area contributed by atoms with Crippen molar-refractivity contribution in [1.29, 1.82) is 0 Å². The van der Waals surface area contributed by atoms with E-state index in [9.17, 15) is 8.42 Å². The topological polar surface area (TPSA) is 89.8 Å². The predicted octanol–water partition coefficient (Wildman–Crippen LogP) is 1.68. The molecule has 0 atom stereocenters. The Kier molecular flexibility index (Phi) is 4.07. The fraction of sp³-hybridized carbons (Fsp3) is 0.133. The molecule has 7 nitrogen and oxygen atoms in total. The molecule has 23 heavy (non-hydrogen) atoms. The maximum absolute atomic E-state index is 11.8. The minimum absolute atomic E-state index is 0.182. The third-order valence-corrected chi connectivity index (χ3v) is 4.31. The molecule has 0 saturated heterocycles. The zero-order valence-electron chi connectivity index (χ0n) is 12.4. The lowest BCUT2D eigenvalue weighted by atomic mass is 10.2. The van der Waals surface area contributed by atoms with E-state index in [1.165, 1.54) is 6.07 Å². The second kappa shape index (κ2) is 6.17. The Bertz CT molecular complexity index is 907. The van der Waals surface area contributed by atoms with Gasteiger partial charge in [-0.2, -0.15) is 5.10 Å². The predicted molar refractivity (Wildman–Crippen MR) is 86.0 cm³/mol. The highest BCUT2D eigenvalue weighted by Gasteiger charge is 2.13. The van der Waals surface area contributed by atoms with E-state index in [1.54, 1.807) is 35.5 Å². The highest BCUT2D eigenvalue weighted by atomic mass is 32.2. The summed E-state index contributed by atoms with van der Waals surface area (Å²) >= 11 is 0. The summed E-state index contributed by atoms with van der Waals surface area (Å²) in [5, 5.41) is 7.20. The van der Waals surface area contributed by atoms with Crippen LogP contribution >= 0.6 is 0 Å². The second-order valence-electron chi connectivity index (χ2n) is 4.95. The molecule has 0 aliphatic rings. The van der Waals surface area contributed by atoms with Gasteiger partial charge in [-0.05, 0) is 35.9 Å². The molecule has 0 unspecified atom stereocenters. The number of hydrogen-bond donors (Lipinski definition) is 1. The lowest BCUT2D eigenvalue weighted by Crippen LogP contribution is -2.08. The minimum Gasteiger partial charge on any atom is -0.365 e. The van der Waals surface area contributed by atoms with Crippen LogP contribution in [0.1, 0.15) is 5.56 Å². The number of nitrogens with zero attached hydrogens (tertiary/aromatic N) is 4. The fourth-order valence-corrected chi connectivity index (χ4v) is 2.91. The Morgan fingerprint density at radius 1 is 1.13 bits per heavy atom. The zero-order valence-corrected chi connectivity index (χ0v) is 13.2. The van der Waals surface area contributed by atoms with Gasteiger partial charge in [0.15, 0.2) is 15.7 Å². The molecular weight excluding hydrogens is 314 g/mol. The summed E-state index contributed by atoms with van der Waals surface area (Å²) in [6.45, 7) is 0.427. The van der Waals surface area contributed by atoms with Crippen LogP contribution in [-0.4, -0.2) is 34.4 Å². The first kappa shape index (κ1) is 15.2. The summed E-state index contributed by atoms with van der Waals surface area (Å²) in [6, 6.07) is 8.68. The summed E-state index contributed by atoms with van der Waals surface area (Å²) in [5.74, 6) is 1.03. The van der Waals surface area contributed by atoms with E-state index in [2.05, 4.69) is 20.4 Å². The van der Waals surface area contributed by atoms with E-state index >= 15 is 0 Å². The summed E-state index contributed by atoms with van der Waals surface area (Å²) in [5.41, 5.74) is 0.940. The summed E-state index contributed by atoms with van der Waals surface area (Å²) < 4.78 is 25.2. The molecule has 3 aromatic rings. The van der Waals surface area contributed by atoms with Crippen LogP contribution in [0.25, 0.3) is 5.82 Å². The molecule has 0 saturated carbocycles. The van der Waals surface area contributed by atoms with Gasteiger partial charge in [0.05, 0.1) is 0 Å². The first-order chi connectivity index (χ1) is 11.0. The van der Waals surface area contributed by atoms with Gasteiger partial charge in [-0.25, -0.2) is 23.1 Å². The Balaban J connectivity index is 1.81. The van der Waals surface area contributed by atoms with E-state index in [1.807, 2.05) is 18.2 Å². The van der Waals surface area contributed by atoms with Crippen molar-refractivity contribution in [2.75, 3.05) is 11.6 Å². The fourth-order valence-electron chi connectivity index (χ4n) is 2.11. The van der Waals surface area contributed by atoms with Crippen LogP contribution in [0.2, 0.25) is 0 Å². The van der Waals surface area contributed by atoms with Gasteiger partial charge >= 0.3 is 0 Å². The molecule has 1 N–H and O–H groups in total. The van der Waals surface area contributed by atoms with Gasteiger partial charge in [0.1, 0.15) is 10.7 Å². The van der Waals surface area contributed by atoms with Crippen molar-refractivity contribution in [3.63, 3.8) is 0 Å². The molecule has 0 aliphatic heterocycles. The van der Waals surface area contributed by atoms with Crippen LogP contribution in [0.15, 0.2) is 60.0 Å². The van der Waals surface area contributed by atoms with Gasteiger partial charge in [-0.3, -0.25) is 0 Å². The van der Waals surface area contributed by atoms with Gasteiger partial charge < -0.3 is 5.32 Å². The first-order valence-electron chi connectivity index (χ1n) is 6.88. The second-order valence-corrected chi connectivity index (χ2v) is 6.93. The third-order valence-electron chi connectivity index (χ3n) is 3.18. The van der Waals surface area contributed by atoms with Gasteiger partial charge in [0.2, 0.25) is 0 Å². The van der Waals surface area contributed by atoms with Crippen LogP contribution in [0, 0.1) is 0 Å². The number of anilines is 1. The molecule has 0 aliphatic carbocycles. The Labute approximate surface area is 133 Å². The Morgan fingerprint density at radius 3 is 2.74 bits per heavy atom. The molecule has 0 aromatic carbocycles. The summed E-state index contributed by atoms with van der Waals surface area (Å²) in [6.07, 6.45) is 7.89. The molecule has 3 heterocycles. The van der Waals surface area contributed by atoms with Crippen molar-refractivity contribution in [3.8, 4) is 5.82 Å². The Morgan fingerprint density at radius 2 is 2.00 bits per heavy atom. The standard InChI is InChI=1S/C15H15N5O2S/c1-23(21,22)13-4-2-6-17-15(13)18-11-12-5-8-16-14(10-12)20-9-3-7-19-20/h2-10H,11H2,1H3,(H,17,18). The largest absolute Gasteiger partial charge is 0.365 e. The number of nitrogens with one attached hydrogen (secondary N) is 1. The molecule has 8 heteroatoms. The number of rotatable bonds is 5. The number of pyridine rings is 2. The number of sulfone groups is 1. The quantitative estimate of drug-likeness (QED) is 0.766. The van der Waals surface area contributed by atoms with Crippen LogP contribution in [0.3, 0.4) is 0 Å². The van der Waals surface area contributed by atoms with Gasteiger partial charge in [0, 0.05) is 37.6 Å². The van der Waals surface area contributed by atoms with Crippen LogP contribution in [0.4, 0.5) is 5.82 Å². The Hall–Kier alpha value is -2.74. The van der Waals surface area contributed by atoms with Crippen molar-refractivity contribution < 1.29 is 8.42 Å². The molecule has 0 fully saturated rings. The molecular formula is C15H15N5O2S. The summed E-state index contributed by atoms with van der Waals surface area (Å²) in [4.78, 5) is 8.55. The van der Waals surface area contributed by atoms with Gasteiger partial charge in [-0.1, -0.05) is 0 Å². The van der Waals surface area contributed by atoms with E-state index in [4.69, 9.17) is 0 Å². The molecule has 3 aromatic heterocycles. The highest BCUT2D eigenvalue weighted by Crippen LogP contribution is 2.18. The summed E-state index contributed by atoms with van der Waals surface area (Å²) in [7, 11) is -3.33. The minimum atomic E-state index is -3.33. The normalized spacial score (nSPS) is 11.3. The monoisotopic (exact) mass is 329 g/mol. The van der Waals surface area contributed by atoms with E-state index in [0.717, 1.165) is 11.8 Å². The maximum atomic E-state index is 11.8. The van der Waals surface area contributed by atoms with Crippen molar-refractivity contribution in [2.24, 2.45) is 0 Å². The SMILES string of the molecule is CS(=O)(=O)c1cccnc1NCc1ccnc(-n2cccn2)c1. The lowest BCUT2D eigenvalue weighted by Gasteiger charge is -2.10. The van der Waals surface area contributed by atoms with Crippen molar-refractivity contribution in [1.82, 2.24) is 19.7 Å². The smallest absolute Gasteiger partial charge is 0.179 e. The molecule has 0 bridgehead atoms.